The van der Waals surface area contributed by atoms with Crippen LogP contribution in [0.4, 0.5) is 0 Å². The number of carboxylic acid groups (broad SMARTS) is 1. The van der Waals surface area contributed by atoms with Crippen molar-refractivity contribution in [3.63, 3.8) is 0 Å². The van der Waals surface area contributed by atoms with Gasteiger partial charge in [0.15, 0.2) is 0 Å². The molecular weight excluding hydrogens is 354 g/mol. The van der Waals surface area contributed by atoms with E-state index in [1.165, 1.54) is 11.8 Å². The number of rotatable bonds is 7. The van der Waals surface area contributed by atoms with Gasteiger partial charge in [0.1, 0.15) is 6.04 Å². The topological polar surface area (TPSA) is 66.4 Å². The molecule has 1 aromatic carbocycles. The van der Waals surface area contributed by atoms with Crippen LogP contribution in [0.1, 0.15) is 25.8 Å². The molecule has 0 saturated carbocycles. The Labute approximate surface area is 137 Å². The summed E-state index contributed by atoms with van der Waals surface area (Å²) in [5.41, 5.74) is 1.08. The second-order valence-electron chi connectivity index (χ2n) is 5.29. The van der Waals surface area contributed by atoms with E-state index in [1.807, 2.05) is 39.0 Å². The highest BCUT2D eigenvalue weighted by molar-refractivity contribution is 9.10. The van der Waals surface area contributed by atoms with Crippen LogP contribution in [0.25, 0.3) is 0 Å². The first kappa shape index (κ1) is 18.0. The fourth-order valence-electron chi connectivity index (χ4n) is 1.85. The Balaban J connectivity index is 2.54. The zero-order chi connectivity index (χ0) is 16.0. The molecule has 0 heterocycles. The van der Waals surface area contributed by atoms with Crippen molar-refractivity contribution in [1.82, 2.24) is 5.32 Å². The number of carbonyl (C=O) groups is 2. The Kier molecular flexibility index (Phi) is 7.25. The van der Waals surface area contributed by atoms with Crippen molar-refractivity contribution in [3.05, 3.63) is 28.2 Å². The molecule has 2 N–H and O–H groups in total. The highest BCUT2D eigenvalue weighted by atomic mass is 79.9. The lowest BCUT2D eigenvalue weighted by molar-refractivity contribution is -0.141. The standard InChI is InChI=1S/C15H20BrNO3S/c1-9(2)6-12(15(19)20)17-14(18)8-21-13-5-4-11(16)7-10(13)3/h4-5,7,9,12H,6,8H2,1-3H3,(H,17,18)(H,19,20). The number of thioether (sulfide) groups is 1. The molecule has 0 aliphatic heterocycles. The zero-order valence-electron chi connectivity index (χ0n) is 12.4. The third-order valence-corrected chi connectivity index (χ3v) is 4.51. The molecule has 1 aromatic rings. The summed E-state index contributed by atoms with van der Waals surface area (Å²) in [6.45, 7) is 5.84. The summed E-state index contributed by atoms with van der Waals surface area (Å²) in [5.74, 6) is -0.810. The minimum atomic E-state index is -0.984. The Morgan fingerprint density at radius 3 is 2.57 bits per heavy atom. The quantitative estimate of drug-likeness (QED) is 0.718. The number of aliphatic carboxylic acids is 1. The van der Waals surface area contributed by atoms with Crippen molar-refractivity contribution >= 4 is 39.6 Å². The largest absolute Gasteiger partial charge is 0.480 e. The Morgan fingerprint density at radius 2 is 2.05 bits per heavy atom. The SMILES string of the molecule is Cc1cc(Br)ccc1SCC(=O)NC(CC(C)C)C(=O)O. The van der Waals surface area contributed by atoms with Crippen LogP contribution < -0.4 is 5.32 Å². The predicted octanol–water partition coefficient (Wildman–Crippen LogP) is 3.47. The van der Waals surface area contributed by atoms with Gasteiger partial charge in [0.25, 0.3) is 0 Å². The second-order valence-corrected chi connectivity index (χ2v) is 7.22. The van der Waals surface area contributed by atoms with Gasteiger partial charge in [-0.2, -0.15) is 0 Å². The van der Waals surface area contributed by atoms with Gasteiger partial charge in [-0.05, 0) is 43.0 Å². The molecule has 21 heavy (non-hydrogen) atoms. The lowest BCUT2D eigenvalue weighted by Crippen LogP contribution is -2.42. The van der Waals surface area contributed by atoms with Gasteiger partial charge in [0.2, 0.25) is 5.91 Å². The number of amides is 1. The van der Waals surface area contributed by atoms with E-state index in [2.05, 4.69) is 21.2 Å². The van der Waals surface area contributed by atoms with Crippen LogP contribution in [-0.2, 0) is 9.59 Å². The summed E-state index contributed by atoms with van der Waals surface area (Å²) < 4.78 is 0.997. The lowest BCUT2D eigenvalue weighted by Gasteiger charge is -2.16. The van der Waals surface area contributed by atoms with E-state index in [0.29, 0.717) is 6.42 Å². The predicted molar refractivity (Wildman–Crippen MR) is 88.6 cm³/mol. The molecule has 1 atom stereocenters. The number of hydrogen-bond donors (Lipinski definition) is 2. The van der Waals surface area contributed by atoms with E-state index in [9.17, 15) is 9.59 Å². The molecule has 0 aliphatic rings. The van der Waals surface area contributed by atoms with Crippen molar-refractivity contribution in [3.8, 4) is 0 Å². The monoisotopic (exact) mass is 373 g/mol. The van der Waals surface area contributed by atoms with Crippen LogP contribution in [0.5, 0.6) is 0 Å². The van der Waals surface area contributed by atoms with Gasteiger partial charge < -0.3 is 10.4 Å². The summed E-state index contributed by atoms with van der Waals surface area (Å²) >= 11 is 4.80. The second kappa shape index (κ2) is 8.44. The fraction of sp³-hybridized carbons (Fsp3) is 0.467. The Morgan fingerprint density at radius 1 is 1.38 bits per heavy atom. The first-order valence-corrected chi connectivity index (χ1v) is 8.48. The van der Waals surface area contributed by atoms with Crippen molar-refractivity contribution in [2.75, 3.05) is 5.75 Å². The maximum Gasteiger partial charge on any atom is 0.326 e. The zero-order valence-corrected chi connectivity index (χ0v) is 14.8. The molecule has 6 heteroatoms. The summed E-state index contributed by atoms with van der Waals surface area (Å²) in [4.78, 5) is 24.0. The summed E-state index contributed by atoms with van der Waals surface area (Å²) in [5, 5.41) is 11.7. The number of halogens is 1. The van der Waals surface area contributed by atoms with E-state index in [0.717, 1.165) is 14.9 Å². The molecule has 0 fully saturated rings. The van der Waals surface area contributed by atoms with Crippen LogP contribution >= 0.6 is 27.7 Å². The average Bonchev–Trinajstić information content (AvgIpc) is 2.36. The maximum absolute atomic E-state index is 11.9. The van der Waals surface area contributed by atoms with Gasteiger partial charge in [0, 0.05) is 9.37 Å². The molecule has 0 aliphatic carbocycles. The Bertz CT molecular complexity index is 520. The molecule has 1 amide bonds. The van der Waals surface area contributed by atoms with Crippen molar-refractivity contribution in [1.29, 1.82) is 0 Å². The number of aryl methyl sites for hydroxylation is 1. The summed E-state index contributed by atoms with van der Waals surface area (Å²) in [6.07, 6.45) is 0.434. The Hall–Kier alpha value is -1.01. The van der Waals surface area contributed by atoms with E-state index in [-0.39, 0.29) is 17.6 Å². The minimum Gasteiger partial charge on any atom is -0.480 e. The molecular formula is C15H20BrNO3S. The first-order valence-electron chi connectivity index (χ1n) is 6.70. The number of nitrogens with one attached hydrogen (secondary N) is 1. The maximum atomic E-state index is 11.9. The molecule has 0 bridgehead atoms. The van der Waals surface area contributed by atoms with E-state index < -0.39 is 12.0 Å². The first-order chi connectivity index (χ1) is 9.79. The van der Waals surface area contributed by atoms with Crippen LogP contribution in [-0.4, -0.2) is 28.8 Å². The normalized spacial score (nSPS) is 12.2. The summed E-state index contributed by atoms with van der Waals surface area (Å²) in [6, 6.07) is 5.04. The van der Waals surface area contributed by atoms with Crippen LogP contribution in [0.3, 0.4) is 0 Å². The fourth-order valence-corrected chi connectivity index (χ4v) is 3.14. The van der Waals surface area contributed by atoms with Gasteiger partial charge in [-0.1, -0.05) is 29.8 Å². The molecule has 116 valence electrons. The highest BCUT2D eigenvalue weighted by Gasteiger charge is 2.21. The van der Waals surface area contributed by atoms with E-state index >= 15 is 0 Å². The number of carbonyl (C=O) groups excluding carboxylic acids is 1. The molecule has 4 nitrogen and oxygen atoms in total. The molecule has 1 unspecified atom stereocenters. The van der Waals surface area contributed by atoms with Gasteiger partial charge in [-0.15, -0.1) is 11.8 Å². The van der Waals surface area contributed by atoms with Gasteiger partial charge in [0.05, 0.1) is 5.75 Å². The van der Waals surface area contributed by atoms with Gasteiger partial charge in [-0.25, -0.2) is 4.79 Å². The number of benzene rings is 1. The smallest absolute Gasteiger partial charge is 0.326 e. The minimum absolute atomic E-state index is 0.213. The van der Waals surface area contributed by atoms with Crippen molar-refractivity contribution < 1.29 is 14.7 Å². The lowest BCUT2D eigenvalue weighted by atomic mass is 10.0. The van der Waals surface area contributed by atoms with E-state index in [4.69, 9.17) is 5.11 Å². The molecule has 0 saturated heterocycles. The highest BCUT2D eigenvalue weighted by Crippen LogP contribution is 2.25. The molecule has 0 aromatic heterocycles. The third kappa shape index (κ3) is 6.52. The molecule has 0 spiro atoms. The van der Waals surface area contributed by atoms with Gasteiger partial charge >= 0.3 is 5.97 Å². The number of hydrogen-bond acceptors (Lipinski definition) is 3. The molecule has 0 radical (unpaired) electrons. The van der Waals surface area contributed by atoms with Crippen LogP contribution in [0, 0.1) is 12.8 Å². The van der Waals surface area contributed by atoms with E-state index in [1.54, 1.807) is 0 Å². The van der Waals surface area contributed by atoms with Crippen molar-refractivity contribution in [2.45, 2.75) is 38.1 Å². The van der Waals surface area contributed by atoms with Gasteiger partial charge in [-0.3, -0.25) is 4.79 Å². The summed E-state index contributed by atoms with van der Waals surface area (Å²) in [7, 11) is 0. The van der Waals surface area contributed by atoms with Crippen LogP contribution in [0.15, 0.2) is 27.6 Å². The van der Waals surface area contributed by atoms with Crippen molar-refractivity contribution in [2.24, 2.45) is 5.92 Å². The molecule has 1 rings (SSSR count). The van der Waals surface area contributed by atoms with Crippen LogP contribution in [0.2, 0.25) is 0 Å². The average molecular weight is 374 g/mol. The third-order valence-electron chi connectivity index (χ3n) is 2.84. The number of carboxylic acids is 1.